The van der Waals surface area contributed by atoms with Gasteiger partial charge in [-0.15, -0.1) is 0 Å². The molecular formula is C19H21N5O. The molecule has 2 amide bonds. The van der Waals surface area contributed by atoms with E-state index in [-0.39, 0.29) is 6.03 Å². The first-order valence-corrected chi connectivity index (χ1v) is 8.17. The Hall–Kier alpha value is -3.15. The van der Waals surface area contributed by atoms with Crippen LogP contribution in [0.15, 0.2) is 55.0 Å². The van der Waals surface area contributed by atoms with E-state index >= 15 is 0 Å². The zero-order valence-corrected chi connectivity index (χ0v) is 14.4. The standard InChI is InChI=1S/C19H21N5O/c1-14-12-20-10-8-15(14)9-11-21-19(25)22-18-17(13-24(2)23-18)16-6-4-3-5-7-16/h3-8,10,12-13H,9,11H2,1-2H3,(H2,21,22,23,25). The number of rotatable bonds is 5. The monoisotopic (exact) mass is 335 g/mol. The molecule has 2 heterocycles. The van der Waals surface area contributed by atoms with Crippen LogP contribution in [-0.2, 0) is 13.5 Å². The Morgan fingerprint density at radius 2 is 2.00 bits per heavy atom. The lowest BCUT2D eigenvalue weighted by Gasteiger charge is -2.08. The van der Waals surface area contributed by atoms with Gasteiger partial charge in [0.15, 0.2) is 5.82 Å². The molecule has 0 fully saturated rings. The highest BCUT2D eigenvalue weighted by Crippen LogP contribution is 2.26. The van der Waals surface area contributed by atoms with Crippen LogP contribution in [0.3, 0.4) is 0 Å². The molecule has 25 heavy (non-hydrogen) atoms. The van der Waals surface area contributed by atoms with Crippen molar-refractivity contribution in [2.75, 3.05) is 11.9 Å². The van der Waals surface area contributed by atoms with Crippen LogP contribution in [0.25, 0.3) is 11.1 Å². The maximum atomic E-state index is 12.2. The van der Waals surface area contributed by atoms with Gasteiger partial charge in [-0.25, -0.2) is 4.79 Å². The summed E-state index contributed by atoms with van der Waals surface area (Å²) in [7, 11) is 1.84. The Labute approximate surface area is 146 Å². The molecule has 3 rings (SSSR count). The molecule has 2 aromatic heterocycles. The molecule has 2 N–H and O–H groups in total. The van der Waals surface area contributed by atoms with E-state index in [2.05, 4.69) is 20.7 Å². The fourth-order valence-electron chi connectivity index (χ4n) is 2.65. The first-order valence-electron chi connectivity index (χ1n) is 8.17. The van der Waals surface area contributed by atoms with E-state index in [1.54, 1.807) is 10.9 Å². The van der Waals surface area contributed by atoms with Gasteiger partial charge in [0, 0.05) is 37.7 Å². The summed E-state index contributed by atoms with van der Waals surface area (Å²) in [6.45, 7) is 2.56. The van der Waals surface area contributed by atoms with Gasteiger partial charge in [-0.05, 0) is 36.1 Å². The van der Waals surface area contributed by atoms with Crippen LogP contribution in [0, 0.1) is 6.92 Å². The fraction of sp³-hybridized carbons (Fsp3) is 0.211. The number of carbonyl (C=O) groups is 1. The van der Waals surface area contributed by atoms with Crippen LogP contribution in [-0.4, -0.2) is 27.3 Å². The third kappa shape index (κ3) is 4.23. The number of amides is 2. The Bertz CT molecular complexity index is 857. The van der Waals surface area contributed by atoms with Gasteiger partial charge in [0.25, 0.3) is 0 Å². The molecule has 128 valence electrons. The second kappa shape index (κ2) is 7.61. The van der Waals surface area contributed by atoms with Gasteiger partial charge in [-0.2, -0.15) is 5.10 Å². The summed E-state index contributed by atoms with van der Waals surface area (Å²) < 4.78 is 1.69. The molecule has 0 unspecified atom stereocenters. The topological polar surface area (TPSA) is 71.8 Å². The number of nitrogens with one attached hydrogen (secondary N) is 2. The van der Waals surface area contributed by atoms with Crippen LogP contribution in [0.2, 0.25) is 0 Å². The van der Waals surface area contributed by atoms with Crippen LogP contribution >= 0.6 is 0 Å². The zero-order valence-electron chi connectivity index (χ0n) is 14.4. The van der Waals surface area contributed by atoms with Gasteiger partial charge < -0.3 is 5.32 Å². The maximum Gasteiger partial charge on any atom is 0.320 e. The van der Waals surface area contributed by atoms with Gasteiger partial charge in [0.2, 0.25) is 0 Å². The van der Waals surface area contributed by atoms with Crippen molar-refractivity contribution in [3.63, 3.8) is 0 Å². The number of pyridine rings is 1. The summed E-state index contributed by atoms with van der Waals surface area (Å²) in [5.41, 5.74) is 4.21. The van der Waals surface area contributed by atoms with E-state index in [9.17, 15) is 4.79 Å². The average Bonchev–Trinajstić information content (AvgIpc) is 2.97. The zero-order chi connectivity index (χ0) is 17.6. The molecule has 0 aliphatic heterocycles. The minimum Gasteiger partial charge on any atom is -0.337 e. The molecule has 0 radical (unpaired) electrons. The molecule has 0 saturated heterocycles. The highest BCUT2D eigenvalue weighted by atomic mass is 16.2. The van der Waals surface area contributed by atoms with Gasteiger partial charge in [-0.1, -0.05) is 30.3 Å². The third-order valence-electron chi connectivity index (χ3n) is 3.96. The predicted molar refractivity (Wildman–Crippen MR) is 98.3 cm³/mol. The van der Waals surface area contributed by atoms with Crippen molar-refractivity contribution in [3.05, 3.63) is 66.1 Å². The summed E-state index contributed by atoms with van der Waals surface area (Å²) in [5.74, 6) is 0.547. The van der Waals surface area contributed by atoms with E-state index in [0.717, 1.165) is 23.1 Å². The molecule has 0 spiro atoms. The smallest absolute Gasteiger partial charge is 0.320 e. The SMILES string of the molecule is Cc1cnccc1CCNC(=O)Nc1nn(C)cc1-c1ccccc1. The minimum atomic E-state index is -0.261. The Morgan fingerprint density at radius 1 is 1.20 bits per heavy atom. The first kappa shape index (κ1) is 16.7. The van der Waals surface area contributed by atoms with Crippen LogP contribution in [0.4, 0.5) is 10.6 Å². The fourth-order valence-corrected chi connectivity index (χ4v) is 2.65. The number of aryl methyl sites for hydroxylation is 2. The number of carbonyl (C=O) groups excluding carboxylic acids is 1. The molecule has 6 nitrogen and oxygen atoms in total. The van der Waals surface area contributed by atoms with Crippen LogP contribution in [0.5, 0.6) is 0 Å². The number of anilines is 1. The number of hydrogen-bond acceptors (Lipinski definition) is 3. The number of benzene rings is 1. The second-order valence-corrected chi connectivity index (χ2v) is 5.86. The summed E-state index contributed by atoms with van der Waals surface area (Å²) in [4.78, 5) is 16.3. The number of nitrogens with zero attached hydrogens (tertiary/aromatic N) is 3. The summed E-state index contributed by atoms with van der Waals surface area (Å²) >= 11 is 0. The molecular weight excluding hydrogens is 314 g/mol. The van der Waals surface area contributed by atoms with Crippen LogP contribution < -0.4 is 10.6 Å². The van der Waals surface area contributed by atoms with Crippen molar-refractivity contribution in [2.24, 2.45) is 7.05 Å². The Kier molecular flexibility index (Phi) is 5.09. The van der Waals surface area contributed by atoms with Gasteiger partial charge in [-0.3, -0.25) is 15.0 Å². The van der Waals surface area contributed by atoms with E-state index in [1.165, 1.54) is 5.56 Å². The predicted octanol–water partition coefficient (Wildman–Crippen LogP) is 3.15. The lowest BCUT2D eigenvalue weighted by molar-refractivity contribution is 0.252. The molecule has 1 aromatic carbocycles. The minimum absolute atomic E-state index is 0.261. The van der Waals surface area contributed by atoms with Crippen molar-refractivity contribution in [3.8, 4) is 11.1 Å². The van der Waals surface area contributed by atoms with Crippen molar-refractivity contribution in [1.29, 1.82) is 0 Å². The average molecular weight is 335 g/mol. The van der Waals surface area contributed by atoms with Crippen molar-refractivity contribution < 1.29 is 4.79 Å². The Morgan fingerprint density at radius 3 is 2.76 bits per heavy atom. The molecule has 6 heteroatoms. The van der Waals surface area contributed by atoms with Gasteiger partial charge >= 0.3 is 6.03 Å². The summed E-state index contributed by atoms with van der Waals surface area (Å²) in [5, 5.41) is 10.1. The highest BCUT2D eigenvalue weighted by Gasteiger charge is 2.12. The van der Waals surface area contributed by atoms with E-state index < -0.39 is 0 Å². The number of urea groups is 1. The highest BCUT2D eigenvalue weighted by molar-refractivity contribution is 5.92. The number of aromatic nitrogens is 3. The molecule has 3 aromatic rings. The molecule has 0 atom stereocenters. The number of hydrogen-bond donors (Lipinski definition) is 2. The van der Waals surface area contributed by atoms with Crippen molar-refractivity contribution in [2.45, 2.75) is 13.3 Å². The second-order valence-electron chi connectivity index (χ2n) is 5.86. The van der Waals surface area contributed by atoms with Crippen molar-refractivity contribution in [1.82, 2.24) is 20.1 Å². The summed E-state index contributed by atoms with van der Waals surface area (Å²) in [6.07, 6.45) is 6.25. The van der Waals surface area contributed by atoms with Gasteiger partial charge in [0.05, 0.1) is 0 Å². The quantitative estimate of drug-likeness (QED) is 0.752. The molecule has 0 bridgehead atoms. The van der Waals surface area contributed by atoms with E-state index in [4.69, 9.17) is 0 Å². The van der Waals surface area contributed by atoms with Crippen LogP contribution in [0.1, 0.15) is 11.1 Å². The normalized spacial score (nSPS) is 10.5. The molecule has 0 aliphatic carbocycles. The maximum absolute atomic E-state index is 12.2. The van der Waals surface area contributed by atoms with Gasteiger partial charge in [0.1, 0.15) is 0 Å². The molecule has 0 aliphatic rings. The third-order valence-corrected chi connectivity index (χ3v) is 3.96. The first-order chi connectivity index (χ1) is 12.1. The van der Waals surface area contributed by atoms with E-state index in [0.29, 0.717) is 12.4 Å². The van der Waals surface area contributed by atoms with E-state index in [1.807, 2.05) is 62.8 Å². The lowest BCUT2D eigenvalue weighted by atomic mass is 10.1. The van der Waals surface area contributed by atoms with Crippen molar-refractivity contribution >= 4 is 11.8 Å². The lowest BCUT2D eigenvalue weighted by Crippen LogP contribution is -2.31. The molecule has 0 saturated carbocycles. The summed E-state index contributed by atoms with van der Waals surface area (Å²) in [6, 6.07) is 11.6. The largest absolute Gasteiger partial charge is 0.337 e. The Balaban J connectivity index is 1.61.